The number of carbonyl (C=O) groups excluding carboxylic acids is 1. The summed E-state index contributed by atoms with van der Waals surface area (Å²) in [6, 6.07) is 6.60. The number of aromatic nitrogens is 3. The van der Waals surface area contributed by atoms with Gasteiger partial charge in [-0.25, -0.2) is 4.79 Å². The van der Waals surface area contributed by atoms with Gasteiger partial charge in [0.25, 0.3) is 6.01 Å². The van der Waals surface area contributed by atoms with Gasteiger partial charge in [-0.3, -0.25) is 4.68 Å². The number of rotatable bonds is 4. The zero-order valence-electron chi connectivity index (χ0n) is 15.7. The smallest absolute Gasteiger partial charge is 0.317 e. The molecule has 8 heteroatoms. The summed E-state index contributed by atoms with van der Waals surface area (Å²) < 4.78 is 7.63. The molecule has 4 rings (SSSR count). The molecule has 3 aromatic rings. The van der Waals surface area contributed by atoms with Crippen LogP contribution in [0.2, 0.25) is 0 Å². The lowest BCUT2D eigenvalue weighted by atomic mass is 10.2. The second-order valence-corrected chi connectivity index (χ2v) is 6.95. The zero-order chi connectivity index (χ0) is 18.8. The van der Waals surface area contributed by atoms with Crippen LogP contribution in [-0.2, 0) is 13.5 Å². The van der Waals surface area contributed by atoms with E-state index in [9.17, 15) is 4.79 Å². The van der Waals surface area contributed by atoms with Crippen molar-refractivity contribution >= 4 is 23.1 Å². The number of nitrogens with one attached hydrogen (secondary N) is 1. The van der Waals surface area contributed by atoms with Gasteiger partial charge in [-0.1, -0.05) is 6.07 Å². The van der Waals surface area contributed by atoms with Crippen LogP contribution >= 0.6 is 0 Å². The third-order valence-corrected chi connectivity index (χ3v) is 4.82. The fourth-order valence-electron chi connectivity index (χ4n) is 3.29. The van der Waals surface area contributed by atoms with Crippen molar-refractivity contribution in [2.24, 2.45) is 7.05 Å². The molecule has 1 saturated heterocycles. The van der Waals surface area contributed by atoms with Gasteiger partial charge in [-0.15, -0.1) is 0 Å². The number of hydrogen-bond acceptors (Lipinski definition) is 5. The molecule has 0 radical (unpaired) electrons. The lowest BCUT2D eigenvalue weighted by Gasteiger charge is -2.33. The Labute approximate surface area is 157 Å². The zero-order valence-corrected chi connectivity index (χ0v) is 15.7. The molecule has 27 heavy (non-hydrogen) atoms. The third-order valence-electron chi connectivity index (χ3n) is 4.82. The van der Waals surface area contributed by atoms with Crippen molar-refractivity contribution in [2.45, 2.75) is 13.3 Å². The van der Waals surface area contributed by atoms with Gasteiger partial charge in [0, 0.05) is 46.0 Å². The number of anilines is 1. The fraction of sp³-hybridized carbons (Fsp3) is 0.421. The molecule has 0 saturated carbocycles. The van der Waals surface area contributed by atoms with E-state index in [0.29, 0.717) is 38.7 Å². The lowest BCUT2D eigenvalue weighted by Crippen LogP contribution is -2.52. The first-order valence-corrected chi connectivity index (χ1v) is 9.21. The number of urea groups is 1. The molecule has 142 valence electrons. The van der Waals surface area contributed by atoms with Crippen LogP contribution in [0.15, 0.2) is 35.0 Å². The number of fused-ring (bicyclic) bond motifs is 1. The molecule has 1 aliphatic rings. The first kappa shape index (κ1) is 17.4. The second kappa shape index (κ2) is 7.30. The van der Waals surface area contributed by atoms with Crippen LogP contribution in [0.1, 0.15) is 11.1 Å². The molecule has 1 N–H and O–H groups in total. The van der Waals surface area contributed by atoms with Crippen molar-refractivity contribution in [1.82, 2.24) is 25.0 Å². The molecular formula is C19H24N6O2. The average Bonchev–Trinajstić information content (AvgIpc) is 3.27. The van der Waals surface area contributed by atoms with Gasteiger partial charge in [-0.05, 0) is 36.6 Å². The molecule has 0 bridgehead atoms. The Kier molecular flexibility index (Phi) is 4.70. The van der Waals surface area contributed by atoms with Crippen LogP contribution in [0.5, 0.6) is 0 Å². The van der Waals surface area contributed by atoms with Gasteiger partial charge in [0.05, 0.1) is 6.20 Å². The highest BCUT2D eigenvalue weighted by atomic mass is 16.4. The quantitative estimate of drug-likeness (QED) is 0.761. The Bertz CT molecular complexity index is 939. The molecule has 8 nitrogen and oxygen atoms in total. The topological polar surface area (TPSA) is 79.4 Å². The molecule has 0 atom stereocenters. The Morgan fingerprint density at radius 3 is 2.81 bits per heavy atom. The summed E-state index contributed by atoms with van der Waals surface area (Å²) in [5, 5.41) is 7.12. The maximum absolute atomic E-state index is 12.4. The predicted molar refractivity (Wildman–Crippen MR) is 103 cm³/mol. The summed E-state index contributed by atoms with van der Waals surface area (Å²) in [6.45, 7) is 5.37. The summed E-state index contributed by atoms with van der Waals surface area (Å²) in [4.78, 5) is 20.9. The maximum Gasteiger partial charge on any atom is 0.317 e. The van der Waals surface area contributed by atoms with E-state index in [1.54, 1.807) is 4.68 Å². The molecule has 2 aromatic heterocycles. The standard InChI is InChI=1S/C19H24N6O2/c1-14-3-4-17-16(11-14)22-19(27-17)25-9-7-24(8-10-25)18(26)20-6-5-15-12-21-23(2)13-15/h3-4,11-13H,5-10H2,1-2H3,(H,20,26). The largest absolute Gasteiger partial charge is 0.423 e. The van der Waals surface area contributed by atoms with Crippen LogP contribution in [-0.4, -0.2) is 58.4 Å². The number of nitrogens with zero attached hydrogens (tertiary/aromatic N) is 5. The van der Waals surface area contributed by atoms with Gasteiger partial charge in [-0.2, -0.15) is 10.1 Å². The van der Waals surface area contributed by atoms with Crippen molar-refractivity contribution in [2.75, 3.05) is 37.6 Å². The monoisotopic (exact) mass is 368 g/mol. The van der Waals surface area contributed by atoms with E-state index in [1.165, 1.54) is 0 Å². The first-order chi connectivity index (χ1) is 13.1. The molecule has 1 fully saturated rings. The minimum atomic E-state index is -0.0215. The predicted octanol–water partition coefficient (Wildman–Crippen LogP) is 1.94. The van der Waals surface area contributed by atoms with E-state index in [4.69, 9.17) is 4.42 Å². The molecule has 0 unspecified atom stereocenters. The summed E-state index contributed by atoms with van der Waals surface area (Å²) in [5.41, 5.74) is 3.95. The van der Waals surface area contributed by atoms with Gasteiger partial charge in [0.1, 0.15) is 5.52 Å². The van der Waals surface area contributed by atoms with Gasteiger partial charge >= 0.3 is 6.03 Å². The number of benzene rings is 1. The summed E-state index contributed by atoms with van der Waals surface area (Å²) >= 11 is 0. The van der Waals surface area contributed by atoms with Crippen molar-refractivity contribution < 1.29 is 9.21 Å². The summed E-state index contributed by atoms with van der Waals surface area (Å²) in [5.74, 6) is 0. The molecule has 0 spiro atoms. The number of hydrogen-bond donors (Lipinski definition) is 1. The molecule has 1 aliphatic heterocycles. The Balaban J connectivity index is 1.28. The second-order valence-electron chi connectivity index (χ2n) is 6.95. The average molecular weight is 368 g/mol. The van der Waals surface area contributed by atoms with E-state index in [0.717, 1.165) is 28.6 Å². The summed E-state index contributed by atoms with van der Waals surface area (Å²) in [6.07, 6.45) is 4.57. The lowest BCUT2D eigenvalue weighted by molar-refractivity contribution is 0.193. The Hall–Kier alpha value is -3.03. The number of piperazine rings is 1. The molecule has 2 amide bonds. The van der Waals surface area contributed by atoms with Crippen LogP contribution in [0.4, 0.5) is 10.8 Å². The highest BCUT2D eigenvalue weighted by Gasteiger charge is 2.23. The van der Waals surface area contributed by atoms with E-state index in [-0.39, 0.29) is 6.03 Å². The highest BCUT2D eigenvalue weighted by Crippen LogP contribution is 2.23. The summed E-state index contributed by atoms with van der Waals surface area (Å²) in [7, 11) is 1.89. The van der Waals surface area contributed by atoms with Crippen molar-refractivity contribution in [3.63, 3.8) is 0 Å². The number of amides is 2. The van der Waals surface area contributed by atoms with Crippen molar-refractivity contribution in [1.29, 1.82) is 0 Å². The number of oxazole rings is 1. The van der Waals surface area contributed by atoms with Gasteiger partial charge < -0.3 is 19.5 Å². The van der Waals surface area contributed by atoms with Gasteiger partial charge in [0.2, 0.25) is 0 Å². The SMILES string of the molecule is Cc1ccc2oc(N3CCN(C(=O)NCCc4cnn(C)c4)CC3)nc2c1. The van der Waals surface area contributed by atoms with Crippen LogP contribution < -0.4 is 10.2 Å². The van der Waals surface area contributed by atoms with E-state index >= 15 is 0 Å². The van der Waals surface area contributed by atoms with Crippen LogP contribution in [0, 0.1) is 6.92 Å². The van der Waals surface area contributed by atoms with Crippen molar-refractivity contribution in [3.8, 4) is 0 Å². The minimum absolute atomic E-state index is 0.0215. The first-order valence-electron chi connectivity index (χ1n) is 9.21. The fourth-order valence-corrected chi connectivity index (χ4v) is 3.29. The number of carbonyl (C=O) groups is 1. The maximum atomic E-state index is 12.4. The van der Waals surface area contributed by atoms with E-state index in [1.807, 2.05) is 49.5 Å². The van der Waals surface area contributed by atoms with Crippen LogP contribution in [0.3, 0.4) is 0 Å². The molecule has 3 heterocycles. The Morgan fingerprint density at radius 1 is 1.26 bits per heavy atom. The van der Waals surface area contributed by atoms with Crippen molar-refractivity contribution in [3.05, 3.63) is 41.7 Å². The third kappa shape index (κ3) is 3.89. The molecule has 1 aromatic carbocycles. The molecular weight excluding hydrogens is 344 g/mol. The highest BCUT2D eigenvalue weighted by molar-refractivity contribution is 5.76. The Morgan fingerprint density at radius 2 is 2.07 bits per heavy atom. The normalized spacial score (nSPS) is 14.7. The van der Waals surface area contributed by atoms with E-state index in [2.05, 4.69) is 20.3 Å². The van der Waals surface area contributed by atoms with E-state index < -0.39 is 0 Å². The molecule has 0 aliphatic carbocycles. The minimum Gasteiger partial charge on any atom is -0.423 e. The number of aryl methyl sites for hydroxylation is 2. The van der Waals surface area contributed by atoms with Crippen LogP contribution in [0.25, 0.3) is 11.1 Å². The van der Waals surface area contributed by atoms with Gasteiger partial charge in [0.15, 0.2) is 5.58 Å².